The summed E-state index contributed by atoms with van der Waals surface area (Å²) in [5, 5.41) is 8.44. The maximum Gasteiger partial charge on any atom is 0.304 e. The molecule has 0 saturated carbocycles. The minimum atomic E-state index is -0.840. The molecule has 0 aromatic heterocycles. The number of nitrogens with two attached hydrogens (primary N) is 1. The van der Waals surface area contributed by atoms with Crippen molar-refractivity contribution in [2.24, 2.45) is 5.73 Å². The summed E-state index contributed by atoms with van der Waals surface area (Å²) in [6, 6.07) is -0.275. The highest BCUT2D eigenvalue weighted by Gasteiger charge is 2.04. The van der Waals surface area contributed by atoms with Gasteiger partial charge in [-0.3, -0.25) is 4.79 Å². The van der Waals surface area contributed by atoms with Crippen molar-refractivity contribution in [2.75, 3.05) is 0 Å². The Bertz CT molecular complexity index is 209. The molecule has 3 N–H and O–H groups in total. The van der Waals surface area contributed by atoms with Gasteiger partial charge >= 0.3 is 5.97 Å². The van der Waals surface area contributed by atoms with Gasteiger partial charge in [0.1, 0.15) is 0 Å². The monoisotopic (exact) mass is 197 g/mol. The molecule has 0 aliphatic heterocycles. The first-order chi connectivity index (χ1) is 6.66. The van der Waals surface area contributed by atoms with Gasteiger partial charge < -0.3 is 10.8 Å². The van der Waals surface area contributed by atoms with Crippen molar-refractivity contribution in [2.45, 2.75) is 38.6 Å². The third kappa shape index (κ3) is 9.00. The summed E-state index contributed by atoms with van der Waals surface area (Å²) < 4.78 is 0. The summed E-state index contributed by atoms with van der Waals surface area (Å²) in [7, 11) is 0. The summed E-state index contributed by atoms with van der Waals surface area (Å²) >= 11 is 0. The van der Waals surface area contributed by atoms with Crippen molar-refractivity contribution in [1.29, 1.82) is 0 Å². The van der Waals surface area contributed by atoms with Crippen LogP contribution in [-0.2, 0) is 4.79 Å². The smallest absolute Gasteiger partial charge is 0.304 e. The standard InChI is InChI=1S/C11H19NO2/c1-2-3-4-5-6-7-8-10(12)9-11(13)14/h4-7,10H,2-3,8-9,12H2,1H3,(H,13,14)/b5-4+,7-6+. The molecule has 1 unspecified atom stereocenters. The van der Waals surface area contributed by atoms with E-state index >= 15 is 0 Å². The maximum absolute atomic E-state index is 10.3. The molecule has 0 aromatic rings. The van der Waals surface area contributed by atoms with E-state index in [9.17, 15) is 4.79 Å². The molecular weight excluding hydrogens is 178 g/mol. The van der Waals surface area contributed by atoms with Crippen molar-refractivity contribution in [3.8, 4) is 0 Å². The second kappa shape index (κ2) is 8.51. The fourth-order valence-electron chi connectivity index (χ4n) is 0.981. The Morgan fingerprint density at radius 1 is 1.43 bits per heavy atom. The lowest BCUT2D eigenvalue weighted by atomic mass is 10.1. The Kier molecular flexibility index (Phi) is 7.84. The minimum Gasteiger partial charge on any atom is -0.481 e. The predicted molar refractivity (Wildman–Crippen MR) is 58.0 cm³/mol. The van der Waals surface area contributed by atoms with E-state index in [1.165, 1.54) is 0 Å². The van der Waals surface area contributed by atoms with Gasteiger partial charge in [0.05, 0.1) is 6.42 Å². The second-order valence-electron chi connectivity index (χ2n) is 3.24. The fraction of sp³-hybridized carbons (Fsp3) is 0.545. The molecule has 80 valence electrons. The van der Waals surface area contributed by atoms with E-state index < -0.39 is 5.97 Å². The van der Waals surface area contributed by atoms with Gasteiger partial charge in [0.2, 0.25) is 0 Å². The van der Waals surface area contributed by atoms with Gasteiger partial charge in [0.15, 0.2) is 0 Å². The first-order valence-corrected chi connectivity index (χ1v) is 4.95. The van der Waals surface area contributed by atoms with Crippen LogP contribution < -0.4 is 5.73 Å². The minimum absolute atomic E-state index is 0.0308. The molecule has 0 rings (SSSR count). The Morgan fingerprint density at radius 2 is 2.07 bits per heavy atom. The number of hydrogen-bond donors (Lipinski definition) is 2. The molecule has 0 aliphatic rings. The van der Waals surface area contributed by atoms with Crippen LogP contribution >= 0.6 is 0 Å². The lowest BCUT2D eigenvalue weighted by molar-refractivity contribution is -0.137. The van der Waals surface area contributed by atoms with Crippen LogP contribution in [0.25, 0.3) is 0 Å². The Hall–Kier alpha value is -1.09. The first-order valence-electron chi connectivity index (χ1n) is 4.95. The largest absolute Gasteiger partial charge is 0.481 e. The SMILES string of the molecule is CCC/C=C/C=C/CC(N)CC(=O)O. The zero-order valence-electron chi connectivity index (χ0n) is 8.65. The first kappa shape index (κ1) is 12.9. The molecule has 3 heteroatoms. The molecule has 0 amide bonds. The molecule has 3 nitrogen and oxygen atoms in total. The average Bonchev–Trinajstić information content (AvgIpc) is 2.10. The number of allylic oxidation sites excluding steroid dienone is 3. The third-order valence-electron chi connectivity index (χ3n) is 1.71. The van der Waals surface area contributed by atoms with E-state index in [4.69, 9.17) is 10.8 Å². The Morgan fingerprint density at radius 3 is 2.64 bits per heavy atom. The van der Waals surface area contributed by atoms with Gasteiger partial charge in [-0.25, -0.2) is 0 Å². The fourth-order valence-corrected chi connectivity index (χ4v) is 0.981. The van der Waals surface area contributed by atoms with Crippen molar-refractivity contribution >= 4 is 5.97 Å². The van der Waals surface area contributed by atoms with Crippen LogP contribution in [0.15, 0.2) is 24.3 Å². The molecular formula is C11H19NO2. The molecule has 0 bridgehead atoms. The molecule has 0 fully saturated rings. The molecule has 1 atom stereocenters. The normalized spacial score (nSPS) is 13.9. The molecule has 0 aliphatic carbocycles. The maximum atomic E-state index is 10.3. The molecule has 0 saturated heterocycles. The highest BCUT2D eigenvalue weighted by atomic mass is 16.4. The summed E-state index contributed by atoms with van der Waals surface area (Å²) in [5.41, 5.74) is 5.56. The van der Waals surface area contributed by atoms with E-state index in [-0.39, 0.29) is 12.5 Å². The van der Waals surface area contributed by atoms with E-state index in [1.807, 2.05) is 18.2 Å². The quantitative estimate of drug-likeness (QED) is 0.614. The van der Waals surface area contributed by atoms with E-state index in [1.54, 1.807) is 0 Å². The van der Waals surface area contributed by atoms with Gasteiger partial charge in [-0.2, -0.15) is 0 Å². The van der Waals surface area contributed by atoms with Crippen LogP contribution in [-0.4, -0.2) is 17.1 Å². The number of unbranched alkanes of at least 4 members (excludes halogenated alkanes) is 1. The predicted octanol–water partition coefficient (Wildman–Crippen LogP) is 2.09. The zero-order chi connectivity index (χ0) is 10.8. The number of carboxylic acids is 1. The van der Waals surface area contributed by atoms with Gasteiger partial charge in [0, 0.05) is 6.04 Å². The number of aliphatic carboxylic acids is 1. The topological polar surface area (TPSA) is 63.3 Å². The number of rotatable bonds is 7. The van der Waals surface area contributed by atoms with Gasteiger partial charge in [0.25, 0.3) is 0 Å². The lowest BCUT2D eigenvalue weighted by Crippen LogP contribution is -2.22. The number of carbonyl (C=O) groups is 1. The Labute approximate surface area is 85.3 Å². The van der Waals surface area contributed by atoms with Gasteiger partial charge in [-0.05, 0) is 12.8 Å². The Balaban J connectivity index is 3.55. The van der Waals surface area contributed by atoms with Crippen LogP contribution in [0.3, 0.4) is 0 Å². The summed E-state index contributed by atoms with van der Waals surface area (Å²) in [5.74, 6) is -0.840. The van der Waals surface area contributed by atoms with E-state index in [2.05, 4.69) is 13.0 Å². The summed E-state index contributed by atoms with van der Waals surface area (Å²) in [6.07, 6.45) is 10.7. The zero-order valence-corrected chi connectivity index (χ0v) is 8.65. The molecule has 0 radical (unpaired) electrons. The molecule has 14 heavy (non-hydrogen) atoms. The van der Waals surface area contributed by atoms with E-state index in [0.29, 0.717) is 6.42 Å². The van der Waals surface area contributed by atoms with Crippen LogP contribution in [0.1, 0.15) is 32.6 Å². The third-order valence-corrected chi connectivity index (χ3v) is 1.71. The van der Waals surface area contributed by atoms with Crippen LogP contribution in [0.2, 0.25) is 0 Å². The lowest BCUT2D eigenvalue weighted by Gasteiger charge is -2.03. The van der Waals surface area contributed by atoms with Gasteiger partial charge in [-0.15, -0.1) is 0 Å². The molecule has 0 heterocycles. The van der Waals surface area contributed by atoms with Crippen LogP contribution in [0.4, 0.5) is 0 Å². The number of hydrogen-bond acceptors (Lipinski definition) is 2. The summed E-state index contributed by atoms with van der Waals surface area (Å²) in [6.45, 7) is 2.12. The summed E-state index contributed by atoms with van der Waals surface area (Å²) in [4.78, 5) is 10.3. The molecule has 0 aromatic carbocycles. The van der Waals surface area contributed by atoms with Crippen molar-refractivity contribution in [3.05, 3.63) is 24.3 Å². The van der Waals surface area contributed by atoms with Crippen LogP contribution in [0.5, 0.6) is 0 Å². The van der Waals surface area contributed by atoms with Crippen molar-refractivity contribution in [1.82, 2.24) is 0 Å². The second-order valence-corrected chi connectivity index (χ2v) is 3.24. The number of carboxylic acid groups (broad SMARTS) is 1. The van der Waals surface area contributed by atoms with Gasteiger partial charge in [-0.1, -0.05) is 37.6 Å². The average molecular weight is 197 g/mol. The van der Waals surface area contributed by atoms with Crippen molar-refractivity contribution in [3.63, 3.8) is 0 Å². The highest BCUT2D eigenvalue weighted by Crippen LogP contribution is 1.96. The van der Waals surface area contributed by atoms with Crippen molar-refractivity contribution < 1.29 is 9.90 Å². The van der Waals surface area contributed by atoms with Crippen LogP contribution in [0, 0.1) is 0 Å². The van der Waals surface area contributed by atoms with E-state index in [0.717, 1.165) is 12.8 Å². The highest BCUT2D eigenvalue weighted by molar-refractivity contribution is 5.67. The molecule has 0 spiro atoms.